The standard InChI is InChI=1S/C8H13FO3S/c9-8(5-10)4-7-2-1-3-13(11,12)6-7/h5,7-8H,1-4,6H2. The lowest BCUT2D eigenvalue weighted by Gasteiger charge is -2.21. The third kappa shape index (κ3) is 3.42. The predicted molar refractivity (Wildman–Crippen MR) is 47.0 cm³/mol. The number of carbonyl (C=O) groups is 1. The van der Waals surface area contributed by atoms with Gasteiger partial charge in [-0.3, -0.25) is 0 Å². The zero-order valence-electron chi connectivity index (χ0n) is 7.28. The van der Waals surface area contributed by atoms with Gasteiger partial charge in [-0.25, -0.2) is 12.8 Å². The van der Waals surface area contributed by atoms with Crippen LogP contribution >= 0.6 is 0 Å². The first-order chi connectivity index (χ1) is 6.03. The molecule has 1 saturated heterocycles. The van der Waals surface area contributed by atoms with Gasteiger partial charge >= 0.3 is 0 Å². The zero-order chi connectivity index (χ0) is 9.90. The van der Waals surface area contributed by atoms with Crippen LogP contribution in [0.3, 0.4) is 0 Å². The van der Waals surface area contributed by atoms with Gasteiger partial charge in [0.15, 0.2) is 22.3 Å². The minimum atomic E-state index is -2.97. The second kappa shape index (κ2) is 4.17. The van der Waals surface area contributed by atoms with Crippen molar-refractivity contribution in [3.8, 4) is 0 Å². The number of alkyl halides is 1. The first-order valence-electron chi connectivity index (χ1n) is 4.33. The van der Waals surface area contributed by atoms with Crippen molar-refractivity contribution in [1.82, 2.24) is 0 Å². The van der Waals surface area contributed by atoms with Gasteiger partial charge in [-0.2, -0.15) is 0 Å². The topological polar surface area (TPSA) is 51.2 Å². The molecule has 0 aromatic carbocycles. The summed E-state index contributed by atoms with van der Waals surface area (Å²) >= 11 is 0. The maximum absolute atomic E-state index is 12.6. The van der Waals surface area contributed by atoms with Gasteiger partial charge < -0.3 is 4.79 Å². The average Bonchev–Trinajstić information content (AvgIpc) is 2.02. The molecule has 0 saturated carbocycles. The second-order valence-electron chi connectivity index (χ2n) is 3.51. The van der Waals surface area contributed by atoms with Gasteiger partial charge in [-0.05, 0) is 25.2 Å². The number of carbonyl (C=O) groups excluding carboxylic acids is 1. The highest BCUT2D eigenvalue weighted by molar-refractivity contribution is 7.91. The van der Waals surface area contributed by atoms with E-state index in [0.717, 1.165) is 0 Å². The highest BCUT2D eigenvalue weighted by Crippen LogP contribution is 2.22. The van der Waals surface area contributed by atoms with E-state index in [9.17, 15) is 17.6 Å². The quantitative estimate of drug-likeness (QED) is 0.643. The van der Waals surface area contributed by atoms with Gasteiger partial charge in [-0.15, -0.1) is 0 Å². The Morgan fingerprint density at radius 2 is 2.23 bits per heavy atom. The van der Waals surface area contributed by atoms with Crippen LogP contribution in [0.25, 0.3) is 0 Å². The van der Waals surface area contributed by atoms with Crippen LogP contribution < -0.4 is 0 Å². The van der Waals surface area contributed by atoms with Crippen LogP contribution in [0.15, 0.2) is 0 Å². The summed E-state index contributed by atoms with van der Waals surface area (Å²) in [6.45, 7) is 0. The van der Waals surface area contributed by atoms with Crippen LogP contribution in [0, 0.1) is 5.92 Å². The molecule has 0 aliphatic carbocycles. The Balaban J connectivity index is 2.48. The summed E-state index contributed by atoms with van der Waals surface area (Å²) < 4.78 is 34.8. The Bertz CT molecular complexity index is 273. The summed E-state index contributed by atoms with van der Waals surface area (Å²) in [7, 11) is -2.97. The van der Waals surface area contributed by atoms with Crippen LogP contribution in [-0.4, -0.2) is 32.4 Å². The number of hydrogen-bond acceptors (Lipinski definition) is 3. The molecule has 0 spiro atoms. The van der Waals surface area contributed by atoms with E-state index in [1.54, 1.807) is 0 Å². The molecular weight excluding hydrogens is 195 g/mol. The first-order valence-corrected chi connectivity index (χ1v) is 6.15. The highest BCUT2D eigenvalue weighted by Gasteiger charge is 2.26. The van der Waals surface area contributed by atoms with Crippen LogP contribution in [-0.2, 0) is 14.6 Å². The van der Waals surface area contributed by atoms with E-state index in [1.165, 1.54) is 0 Å². The molecule has 3 nitrogen and oxygen atoms in total. The average molecular weight is 208 g/mol. The fourth-order valence-electron chi connectivity index (χ4n) is 1.68. The first kappa shape index (κ1) is 10.6. The van der Waals surface area contributed by atoms with Gasteiger partial charge in [-0.1, -0.05) is 0 Å². The number of aldehydes is 1. The highest BCUT2D eigenvalue weighted by atomic mass is 32.2. The minimum absolute atomic E-state index is 0.0429. The summed E-state index contributed by atoms with van der Waals surface area (Å²) in [5.41, 5.74) is 0. The van der Waals surface area contributed by atoms with E-state index in [-0.39, 0.29) is 30.1 Å². The number of hydrogen-bond donors (Lipinski definition) is 0. The molecule has 13 heavy (non-hydrogen) atoms. The fourth-order valence-corrected chi connectivity index (χ4v) is 3.47. The van der Waals surface area contributed by atoms with E-state index in [2.05, 4.69) is 0 Å². The van der Waals surface area contributed by atoms with Crippen molar-refractivity contribution in [2.75, 3.05) is 11.5 Å². The number of rotatable bonds is 3. The largest absolute Gasteiger partial charge is 0.300 e. The molecule has 0 N–H and O–H groups in total. The summed E-state index contributed by atoms with van der Waals surface area (Å²) in [4.78, 5) is 10.0. The van der Waals surface area contributed by atoms with Crippen molar-refractivity contribution in [1.29, 1.82) is 0 Å². The predicted octanol–water partition coefficient (Wildman–Crippen LogP) is 0.738. The molecule has 0 aromatic rings. The lowest BCUT2D eigenvalue weighted by atomic mass is 9.99. The summed E-state index contributed by atoms with van der Waals surface area (Å²) in [5.74, 6) is 0.0851. The normalized spacial score (nSPS) is 29.5. The molecule has 1 heterocycles. The molecule has 0 amide bonds. The molecule has 0 aromatic heterocycles. The van der Waals surface area contributed by atoms with E-state index in [1.807, 2.05) is 0 Å². The molecule has 2 atom stereocenters. The molecule has 76 valence electrons. The smallest absolute Gasteiger partial charge is 0.155 e. The Labute approximate surface area is 77.2 Å². The maximum Gasteiger partial charge on any atom is 0.155 e. The molecular formula is C8H13FO3S. The van der Waals surface area contributed by atoms with Gasteiger partial charge in [0.2, 0.25) is 0 Å². The second-order valence-corrected chi connectivity index (χ2v) is 5.74. The van der Waals surface area contributed by atoms with Crippen molar-refractivity contribution < 1.29 is 17.6 Å². The Morgan fingerprint density at radius 3 is 2.77 bits per heavy atom. The molecule has 0 radical (unpaired) electrons. The number of sulfone groups is 1. The van der Waals surface area contributed by atoms with Gasteiger partial charge in [0.1, 0.15) is 0 Å². The summed E-state index contributed by atoms with van der Waals surface area (Å²) in [6.07, 6.45) is 0.106. The molecule has 1 fully saturated rings. The van der Waals surface area contributed by atoms with E-state index >= 15 is 0 Å². The SMILES string of the molecule is O=CC(F)CC1CCCS(=O)(=O)C1. The molecule has 5 heteroatoms. The van der Waals surface area contributed by atoms with Crippen LogP contribution in [0.4, 0.5) is 4.39 Å². The van der Waals surface area contributed by atoms with E-state index in [0.29, 0.717) is 12.8 Å². The van der Waals surface area contributed by atoms with E-state index in [4.69, 9.17) is 0 Å². The van der Waals surface area contributed by atoms with Crippen molar-refractivity contribution in [2.24, 2.45) is 5.92 Å². The van der Waals surface area contributed by atoms with Crippen LogP contribution in [0.2, 0.25) is 0 Å². The lowest BCUT2D eigenvalue weighted by Crippen LogP contribution is -2.27. The van der Waals surface area contributed by atoms with Gasteiger partial charge in [0.25, 0.3) is 0 Å². The van der Waals surface area contributed by atoms with Crippen molar-refractivity contribution in [3.05, 3.63) is 0 Å². The lowest BCUT2D eigenvalue weighted by molar-refractivity contribution is -0.112. The molecule has 1 aliphatic heterocycles. The summed E-state index contributed by atoms with van der Waals surface area (Å²) in [5, 5.41) is 0. The molecule has 1 rings (SSSR count). The summed E-state index contributed by atoms with van der Waals surface area (Å²) in [6, 6.07) is 0. The Kier molecular flexibility index (Phi) is 3.41. The van der Waals surface area contributed by atoms with Crippen LogP contribution in [0.5, 0.6) is 0 Å². The van der Waals surface area contributed by atoms with Crippen molar-refractivity contribution >= 4 is 16.1 Å². The van der Waals surface area contributed by atoms with Gasteiger partial charge in [0, 0.05) is 0 Å². The third-order valence-corrected chi connectivity index (χ3v) is 4.15. The maximum atomic E-state index is 12.6. The minimum Gasteiger partial charge on any atom is -0.300 e. The van der Waals surface area contributed by atoms with E-state index < -0.39 is 16.0 Å². The zero-order valence-corrected chi connectivity index (χ0v) is 8.10. The molecule has 0 bridgehead atoms. The third-order valence-electron chi connectivity index (χ3n) is 2.26. The monoisotopic (exact) mass is 208 g/mol. The fraction of sp³-hybridized carbons (Fsp3) is 0.875. The van der Waals surface area contributed by atoms with Crippen molar-refractivity contribution in [2.45, 2.75) is 25.4 Å². The van der Waals surface area contributed by atoms with Crippen molar-refractivity contribution in [3.63, 3.8) is 0 Å². The number of halogens is 1. The van der Waals surface area contributed by atoms with Gasteiger partial charge in [0.05, 0.1) is 11.5 Å². The Morgan fingerprint density at radius 1 is 1.54 bits per heavy atom. The van der Waals surface area contributed by atoms with Crippen LogP contribution in [0.1, 0.15) is 19.3 Å². The molecule has 1 aliphatic rings. The Hall–Kier alpha value is -0.450. The molecule has 2 unspecified atom stereocenters.